The fourth-order valence-corrected chi connectivity index (χ4v) is 1.50. The summed E-state index contributed by atoms with van der Waals surface area (Å²) in [5.41, 5.74) is 0.809. The molecule has 0 aromatic carbocycles. The molecule has 1 rings (SSSR count). The number of ether oxygens (including phenoxy) is 1. The third-order valence-corrected chi connectivity index (χ3v) is 2.68. The van der Waals surface area contributed by atoms with Crippen molar-refractivity contribution >= 4 is 5.91 Å². The first-order valence-corrected chi connectivity index (χ1v) is 6.56. The SMILES string of the molecule is CCC(=O)N[C@H](C)c1cccc(OCCN(C)C)n1. The van der Waals surface area contributed by atoms with Gasteiger partial charge in [0.15, 0.2) is 0 Å². The molecular weight excluding hydrogens is 242 g/mol. The van der Waals surface area contributed by atoms with Gasteiger partial charge in [0.2, 0.25) is 11.8 Å². The Labute approximate surface area is 115 Å². The van der Waals surface area contributed by atoms with Crippen molar-refractivity contribution in [2.75, 3.05) is 27.2 Å². The number of likely N-dealkylation sites (N-methyl/N-ethyl adjacent to an activating group) is 1. The van der Waals surface area contributed by atoms with Gasteiger partial charge in [-0.15, -0.1) is 0 Å². The minimum absolute atomic E-state index is 0.0215. The average Bonchev–Trinajstić information content (AvgIpc) is 2.38. The van der Waals surface area contributed by atoms with Gasteiger partial charge in [0.05, 0.1) is 11.7 Å². The van der Waals surface area contributed by atoms with E-state index >= 15 is 0 Å². The maximum Gasteiger partial charge on any atom is 0.220 e. The predicted molar refractivity (Wildman–Crippen MR) is 75.1 cm³/mol. The van der Waals surface area contributed by atoms with Gasteiger partial charge >= 0.3 is 0 Å². The zero-order chi connectivity index (χ0) is 14.3. The zero-order valence-electron chi connectivity index (χ0n) is 12.1. The summed E-state index contributed by atoms with van der Waals surface area (Å²) < 4.78 is 5.57. The van der Waals surface area contributed by atoms with E-state index in [2.05, 4.69) is 10.3 Å². The van der Waals surface area contributed by atoms with E-state index in [1.807, 2.05) is 51.0 Å². The Hall–Kier alpha value is -1.62. The zero-order valence-corrected chi connectivity index (χ0v) is 12.1. The van der Waals surface area contributed by atoms with Gasteiger partial charge in [-0.3, -0.25) is 4.79 Å². The normalized spacial score (nSPS) is 12.3. The molecule has 106 valence electrons. The van der Waals surface area contributed by atoms with Gasteiger partial charge in [-0.25, -0.2) is 4.98 Å². The number of hydrogen-bond acceptors (Lipinski definition) is 4. The average molecular weight is 265 g/mol. The van der Waals surface area contributed by atoms with Crippen molar-refractivity contribution in [3.8, 4) is 5.88 Å². The van der Waals surface area contributed by atoms with Crippen LogP contribution >= 0.6 is 0 Å². The highest BCUT2D eigenvalue weighted by Gasteiger charge is 2.10. The van der Waals surface area contributed by atoms with Crippen LogP contribution in [0.5, 0.6) is 5.88 Å². The Morgan fingerprint density at radius 2 is 2.21 bits per heavy atom. The second-order valence-electron chi connectivity index (χ2n) is 4.70. The van der Waals surface area contributed by atoms with Crippen LogP contribution < -0.4 is 10.1 Å². The first kappa shape index (κ1) is 15.4. The Kier molecular flexibility index (Phi) is 6.29. The van der Waals surface area contributed by atoms with E-state index in [0.29, 0.717) is 18.9 Å². The molecule has 19 heavy (non-hydrogen) atoms. The lowest BCUT2D eigenvalue weighted by molar-refractivity contribution is -0.121. The Morgan fingerprint density at radius 3 is 2.84 bits per heavy atom. The summed E-state index contributed by atoms with van der Waals surface area (Å²) in [4.78, 5) is 17.8. The number of aromatic nitrogens is 1. The molecule has 0 aliphatic rings. The molecule has 1 aromatic rings. The first-order valence-electron chi connectivity index (χ1n) is 6.56. The van der Waals surface area contributed by atoms with Crippen LogP contribution in [0.3, 0.4) is 0 Å². The monoisotopic (exact) mass is 265 g/mol. The van der Waals surface area contributed by atoms with E-state index in [1.165, 1.54) is 0 Å². The molecule has 0 radical (unpaired) electrons. The van der Waals surface area contributed by atoms with Crippen molar-refractivity contribution < 1.29 is 9.53 Å². The third kappa shape index (κ3) is 5.70. The number of pyridine rings is 1. The standard InChI is InChI=1S/C14H23N3O2/c1-5-13(18)15-11(2)12-7-6-8-14(16-12)19-10-9-17(3)4/h6-8,11H,5,9-10H2,1-4H3,(H,15,18)/t11-/m1/s1. The number of amides is 1. The van der Waals surface area contributed by atoms with E-state index in [1.54, 1.807) is 0 Å². The Morgan fingerprint density at radius 1 is 1.47 bits per heavy atom. The maximum absolute atomic E-state index is 11.4. The summed E-state index contributed by atoms with van der Waals surface area (Å²) in [5, 5.41) is 2.88. The second kappa shape index (κ2) is 7.74. The number of hydrogen-bond donors (Lipinski definition) is 1. The van der Waals surface area contributed by atoms with Crippen molar-refractivity contribution in [1.82, 2.24) is 15.2 Å². The van der Waals surface area contributed by atoms with Gasteiger partial charge in [0.1, 0.15) is 6.61 Å². The van der Waals surface area contributed by atoms with Crippen LogP contribution in [0.4, 0.5) is 0 Å². The molecule has 1 atom stereocenters. The van der Waals surface area contributed by atoms with Crippen molar-refractivity contribution in [3.63, 3.8) is 0 Å². The van der Waals surface area contributed by atoms with Gasteiger partial charge in [0.25, 0.3) is 0 Å². The summed E-state index contributed by atoms with van der Waals surface area (Å²) in [6.45, 7) is 5.18. The fourth-order valence-electron chi connectivity index (χ4n) is 1.50. The minimum Gasteiger partial charge on any atom is -0.476 e. The van der Waals surface area contributed by atoms with Gasteiger partial charge < -0.3 is 15.0 Å². The number of carbonyl (C=O) groups excluding carboxylic acids is 1. The highest BCUT2D eigenvalue weighted by Crippen LogP contribution is 2.14. The second-order valence-corrected chi connectivity index (χ2v) is 4.70. The van der Waals surface area contributed by atoms with Crippen LogP contribution in [0.15, 0.2) is 18.2 Å². The van der Waals surface area contributed by atoms with Crippen LogP contribution in [-0.2, 0) is 4.79 Å². The van der Waals surface area contributed by atoms with E-state index in [0.717, 1.165) is 12.2 Å². The van der Waals surface area contributed by atoms with Crippen LogP contribution in [0.2, 0.25) is 0 Å². The van der Waals surface area contributed by atoms with Crippen LogP contribution in [0, 0.1) is 0 Å². The molecule has 5 heteroatoms. The minimum atomic E-state index is -0.107. The number of nitrogens with zero attached hydrogens (tertiary/aromatic N) is 2. The summed E-state index contributed by atoms with van der Waals surface area (Å²) in [7, 11) is 3.99. The molecule has 1 amide bonds. The fraction of sp³-hybridized carbons (Fsp3) is 0.571. The van der Waals surface area contributed by atoms with Gasteiger partial charge in [0, 0.05) is 19.0 Å². The van der Waals surface area contributed by atoms with E-state index in [9.17, 15) is 4.79 Å². The van der Waals surface area contributed by atoms with Crippen LogP contribution in [-0.4, -0.2) is 43.0 Å². The molecule has 5 nitrogen and oxygen atoms in total. The molecule has 0 saturated carbocycles. The molecular formula is C14H23N3O2. The molecule has 0 unspecified atom stereocenters. The highest BCUT2D eigenvalue weighted by molar-refractivity contribution is 5.75. The first-order chi connectivity index (χ1) is 9.02. The largest absolute Gasteiger partial charge is 0.476 e. The number of nitrogens with one attached hydrogen (secondary N) is 1. The molecule has 0 aliphatic carbocycles. The van der Waals surface area contributed by atoms with Gasteiger partial charge in [-0.2, -0.15) is 0 Å². The molecule has 1 heterocycles. The van der Waals surface area contributed by atoms with Gasteiger partial charge in [-0.1, -0.05) is 13.0 Å². The maximum atomic E-state index is 11.4. The highest BCUT2D eigenvalue weighted by atomic mass is 16.5. The van der Waals surface area contributed by atoms with Crippen molar-refractivity contribution in [3.05, 3.63) is 23.9 Å². The Balaban J connectivity index is 2.58. The van der Waals surface area contributed by atoms with E-state index < -0.39 is 0 Å². The molecule has 1 N–H and O–H groups in total. The smallest absolute Gasteiger partial charge is 0.220 e. The summed E-state index contributed by atoms with van der Waals surface area (Å²) >= 11 is 0. The van der Waals surface area contributed by atoms with E-state index in [-0.39, 0.29) is 11.9 Å². The topological polar surface area (TPSA) is 54.5 Å². The molecule has 0 saturated heterocycles. The Bertz CT molecular complexity index is 407. The van der Waals surface area contributed by atoms with Crippen molar-refractivity contribution in [1.29, 1.82) is 0 Å². The summed E-state index contributed by atoms with van der Waals surface area (Å²) in [5.74, 6) is 0.616. The molecule has 0 aliphatic heterocycles. The number of carbonyl (C=O) groups is 1. The molecule has 1 aromatic heterocycles. The quantitative estimate of drug-likeness (QED) is 0.814. The summed E-state index contributed by atoms with van der Waals surface area (Å²) in [6, 6.07) is 5.50. The molecule has 0 spiro atoms. The number of rotatable bonds is 7. The lowest BCUT2D eigenvalue weighted by Crippen LogP contribution is -2.26. The third-order valence-electron chi connectivity index (χ3n) is 2.68. The van der Waals surface area contributed by atoms with Crippen molar-refractivity contribution in [2.45, 2.75) is 26.3 Å². The lowest BCUT2D eigenvalue weighted by atomic mass is 10.2. The molecule has 0 bridgehead atoms. The molecule has 0 fully saturated rings. The van der Waals surface area contributed by atoms with Crippen molar-refractivity contribution in [2.24, 2.45) is 0 Å². The summed E-state index contributed by atoms with van der Waals surface area (Å²) in [6.07, 6.45) is 0.476. The van der Waals surface area contributed by atoms with Crippen LogP contribution in [0.25, 0.3) is 0 Å². The lowest BCUT2D eigenvalue weighted by Gasteiger charge is -2.14. The van der Waals surface area contributed by atoms with Crippen LogP contribution in [0.1, 0.15) is 32.0 Å². The predicted octanol–water partition coefficient (Wildman–Crippen LogP) is 1.61. The van der Waals surface area contributed by atoms with E-state index in [4.69, 9.17) is 4.74 Å². The van der Waals surface area contributed by atoms with Gasteiger partial charge in [-0.05, 0) is 27.1 Å².